The van der Waals surface area contributed by atoms with Crippen LogP contribution >= 0.6 is 23.7 Å². The van der Waals surface area contributed by atoms with Crippen LogP contribution in [-0.4, -0.2) is 18.0 Å². The maximum atomic E-state index is 11.8. The second-order valence-corrected chi connectivity index (χ2v) is 5.45. The first kappa shape index (κ1) is 16.4. The van der Waals surface area contributed by atoms with E-state index in [4.69, 9.17) is 5.73 Å². The third-order valence-electron chi connectivity index (χ3n) is 2.97. The summed E-state index contributed by atoms with van der Waals surface area (Å²) in [5.41, 5.74) is 5.84. The Labute approximate surface area is 113 Å². The van der Waals surface area contributed by atoms with Crippen LogP contribution in [0.5, 0.6) is 0 Å². The number of nitrogens with two attached hydrogens (primary N) is 1. The molecule has 5 heteroatoms. The minimum Gasteiger partial charge on any atom is -0.349 e. The van der Waals surface area contributed by atoms with E-state index in [-0.39, 0.29) is 23.9 Å². The molecule has 98 valence electrons. The second-order valence-electron chi connectivity index (χ2n) is 4.16. The van der Waals surface area contributed by atoms with Gasteiger partial charge in [0.25, 0.3) is 5.91 Å². The SMILES string of the molecule is CCC(N)(CC)CNC(=O)c1ccc(C)s1.Cl. The molecule has 0 spiro atoms. The lowest BCUT2D eigenvalue weighted by Gasteiger charge is -2.26. The average molecular weight is 277 g/mol. The highest BCUT2D eigenvalue weighted by Crippen LogP contribution is 2.15. The Balaban J connectivity index is 0.00000256. The van der Waals surface area contributed by atoms with Crippen molar-refractivity contribution in [2.24, 2.45) is 5.73 Å². The predicted molar refractivity (Wildman–Crippen MR) is 76.1 cm³/mol. The van der Waals surface area contributed by atoms with Crippen LogP contribution in [0.2, 0.25) is 0 Å². The fourth-order valence-electron chi connectivity index (χ4n) is 1.40. The molecule has 0 aliphatic heterocycles. The van der Waals surface area contributed by atoms with E-state index < -0.39 is 0 Å². The van der Waals surface area contributed by atoms with Crippen LogP contribution in [0.4, 0.5) is 0 Å². The molecule has 0 bridgehead atoms. The van der Waals surface area contributed by atoms with Crippen molar-refractivity contribution in [1.29, 1.82) is 0 Å². The largest absolute Gasteiger partial charge is 0.349 e. The quantitative estimate of drug-likeness (QED) is 0.869. The fourth-order valence-corrected chi connectivity index (χ4v) is 2.18. The number of nitrogens with one attached hydrogen (secondary N) is 1. The summed E-state index contributed by atoms with van der Waals surface area (Å²) < 4.78 is 0. The molecule has 3 N–H and O–H groups in total. The summed E-state index contributed by atoms with van der Waals surface area (Å²) in [4.78, 5) is 13.7. The minimum atomic E-state index is -0.276. The molecule has 17 heavy (non-hydrogen) atoms. The molecule has 0 saturated carbocycles. The van der Waals surface area contributed by atoms with Gasteiger partial charge in [-0.25, -0.2) is 0 Å². The lowest BCUT2D eigenvalue weighted by molar-refractivity contribution is 0.0946. The van der Waals surface area contributed by atoms with Gasteiger partial charge in [-0.15, -0.1) is 23.7 Å². The number of rotatable bonds is 5. The summed E-state index contributed by atoms with van der Waals surface area (Å²) in [5, 5.41) is 2.90. The molecule has 1 aromatic rings. The summed E-state index contributed by atoms with van der Waals surface area (Å²) in [5.74, 6) is -0.0187. The van der Waals surface area contributed by atoms with Crippen molar-refractivity contribution in [3.05, 3.63) is 21.9 Å². The molecular weight excluding hydrogens is 256 g/mol. The van der Waals surface area contributed by atoms with Gasteiger partial charge in [-0.3, -0.25) is 4.79 Å². The Morgan fingerprint density at radius 1 is 1.41 bits per heavy atom. The van der Waals surface area contributed by atoms with E-state index in [0.29, 0.717) is 6.54 Å². The van der Waals surface area contributed by atoms with Gasteiger partial charge < -0.3 is 11.1 Å². The zero-order valence-corrected chi connectivity index (χ0v) is 12.2. The van der Waals surface area contributed by atoms with Crippen molar-refractivity contribution in [2.75, 3.05) is 6.54 Å². The molecular formula is C12H21ClN2OS. The molecule has 0 saturated heterocycles. The molecule has 0 aliphatic carbocycles. The van der Waals surface area contributed by atoms with Gasteiger partial charge >= 0.3 is 0 Å². The van der Waals surface area contributed by atoms with E-state index >= 15 is 0 Å². The van der Waals surface area contributed by atoms with Gasteiger partial charge in [0.15, 0.2) is 0 Å². The van der Waals surface area contributed by atoms with Crippen LogP contribution < -0.4 is 11.1 Å². The summed E-state index contributed by atoms with van der Waals surface area (Å²) >= 11 is 1.51. The number of amides is 1. The average Bonchev–Trinajstić information content (AvgIpc) is 2.72. The zero-order valence-electron chi connectivity index (χ0n) is 10.6. The second kappa shape index (κ2) is 6.99. The lowest BCUT2D eigenvalue weighted by Crippen LogP contribution is -2.49. The zero-order chi connectivity index (χ0) is 12.2. The summed E-state index contributed by atoms with van der Waals surface area (Å²) in [6.07, 6.45) is 1.74. The number of halogens is 1. The third-order valence-corrected chi connectivity index (χ3v) is 3.97. The monoisotopic (exact) mass is 276 g/mol. The van der Waals surface area contributed by atoms with E-state index in [9.17, 15) is 4.79 Å². The van der Waals surface area contributed by atoms with Gasteiger partial charge in [0, 0.05) is 17.0 Å². The van der Waals surface area contributed by atoms with Crippen LogP contribution in [0.1, 0.15) is 41.2 Å². The number of hydrogen-bond acceptors (Lipinski definition) is 3. The van der Waals surface area contributed by atoms with E-state index in [1.807, 2.05) is 32.9 Å². The number of carbonyl (C=O) groups is 1. The molecule has 0 unspecified atom stereocenters. The van der Waals surface area contributed by atoms with E-state index in [1.54, 1.807) is 0 Å². The van der Waals surface area contributed by atoms with Crippen LogP contribution in [0.3, 0.4) is 0 Å². The van der Waals surface area contributed by atoms with Crippen molar-refractivity contribution < 1.29 is 4.79 Å². The van der Waals surface area contributed by atoms with Gasteiger partial charge in [0.2, 0.25) is 0 Å². The van der Waals surface area contributed by atoms with Crippen molar-refractivity contribution in [3.63, 3.8) is 0 Å². The third kappa shape index (κ3) is 4.66. The first-order valence-electron chi connectivity index (χ1n) is 5.64. The first-order chi connectivity index (χ1) is 7.50. The lowest BCUT2D eigenvalue weighted by atomic mass is 9.94. The molecule has 0 radical (unpaired) electrons. The molecule has 3 nitrogen and oxygen atoms in total. The molecule has 0 fully saturated rings. The maximum absolute atomic E-state index is 11.8. The molecule has 0 aliphatic rings. The Hall–Kier alpha value is -0.580. The van der Waals surface area contributed by atoms with Gasteiger partial charge in [-0.1, -0.05) is 13.8 Å². The van der Waals surface area contributed by atoms with Gasteiger partial charge in [-0.05, 0) is 31.9 Å². The normalized spacial score (nSPS) is 10.8. The number of carbonyl (C=O) groups excluding carboxylic acids is 1. The fraction of sp³-hybridized carbons (Fsp3) is 0.583. The van der Waals surface area contributed by atoms with Crippen molar-refractivity contribution in [2.45, 2.75) is 39.2 Å². The number of hydrogen-bond donors (Lipinski definition) is 2. The van der Waals surface area contributed by atoms with Gasteiger partial charge in [0.05, 0.1) is 4.88 Å². The maximum Gasteiger partial charge on any atom is 0.261 e. The summed E-state index contributed by atoms with van der Waals surface area (Å²) in [7, 11) is 0. The van der Waals surface area contributed by atoms with Gasteiger partial charge in [-0.2, -0.15) is 0 Å². The number of thiophene rings is 1. The molecule has 1 rings (SSSR count). The molecule has 1 amide bonds. The van der Waals surface area contributed by atoms with Crippen LogP contribution in [0.25, 0.3) is 0 Å². The molecule has 1 heterocycles. The van der Waals surface area contributed by atoms with Crippen LogP contribution in [-0.2, 0) is 0 Å². The van der Waals surface area contributed by atoms with Crippen molar-refractivity contribution in [3.8, 4) is 0 Å². The Morgan fingerprint density at radius 3 is 2.41 bits per heavy atom. The van der Waals surface area contributed by atoms with E-state index in [1.165, 1.54) is 11.3 Å². The van der Waals surface area contributed by atoms with E-state index in [2.05, 4.69) is 5.32 Å². The van der Waals surface area contributed by atoms with Crippen LogP contribution in [0.15, 0.2) is 12.1 Å². The minimum absolute atomic E-state index is 0. The number of aryl methyl sites for hydroxylation is 1. The molecule has 0 aromatic carbocycles. The Kier molecular flexibility index (Phi) is 6.75. The smallest absolute Gasteiger partial charge is 0.261 e. The summed E-state index contributed by atoms with van der Waals surface area (Å²) in [6, 6.07) is 3.81. The highest BCUT2D eigenvalue weighted by molar-refractivity contribution is 7.13. The van der Waals surface area contributed by atoms with Crippen LogP contribution in [0, 0.1) is 6.92 Å². The Morgan fingerprint density at radius 2 is 2.00 bits per heavy atom. The predicted octanol–water partition coefficient (Wildman–Crippen LogP) is 2.73. The first-order valence-corrected chi connectivity index (χ1v) is 6.46. The highest BCUT2D eigenvalue weighted by atomic mass is 35.5. The van der Waals surface area contributed by atoms with Gasteiger partial charge in [0.1, 0.15) is 0 Å². The topological polar surface area (TPSA) is 55.1 Å². The van der Waals surface area contributed by atoms with Crippen molar-refractivity contribution in [1.82, 2.24) is 5.32 Å². The van der Waals surface area contributed by atoms with Crippen molar-refractivity contribution >= 4 is 29.7 Å². The molecule has 0 atom stereocenters. The highest BCUT2D eigenvalue weighted by Gasteiger charge is 2.21. The summed E-state index contributed by atoms with van der Waals surface area (Å²) in [6.45, 7) is 6.62. The Bertz CT molecular complexity index is 361. The van der Waals surface area contributed by atoms with E-state index in [0.717, 1.165) is 22.6 Å². The molecule has 1 aromatic heterocycles. The standard InChI is InChI=1S/C12H20N2OS.ClH/c1-4-12(13,5-2)8-14-11(15)10-7-6-9(3)16-10;/h6-7H,4-5,8,13H2,1-3H3,(H,14,15);1H.